The summed E-state index contributed by atoms with van der Waals surface area (Å²) in [5, 5.41) is 0.374. The lowest BCUT2D eigenvalue weighted by Gasteiger charge is -2.68. The Labute approximate surface area is 337 Å². The molecule has 0 radical (unpaired) electrons. The second-order valence-electron chi connectivity index (χ2n) is 17.7. The first-order valence-electron chi connectivity index (χ1n) is 21.1. The fourth-order valence-electron chi connectivity index (χ4n) is 11.7. The highest BCUT2D eigenvalue weighted by atomic mass is 28.3. The van der Waals surface area contributed by atoms with Gasteiger partial charge in [-0.25, -0.2) is 0 Å². The Bertz CT molecular complexity index is 2350. The van der Waals surface area contributed by atoms with Crippen LogP contribution in [0.1, 0.15) is 99.1 Å². The molecule has 5 aliphatic rings. The number of hydrogen-bond donors (Lipinski definition) is 0. The van der Waals surface area contributed by atoms with Crippen molar-refractivity contribution in [1.82, 2.24) is 0 Å². The van der Waals surface area contributed by atoms with Crippen molar-refractivity contribution in [3.63, 3.8) is 0 Å². The van der Waals surface area contributed by atoms with Gasteiger partial charge < -0.3 is 0 Å². The number of fused-ring (bicyclic) bond motifs is 5. The molecule has 56 heavy (non-hydrogen) atoms. The smallest absolute Gasteiger partial charge is 0.0773 e. The first-order valence-corrected chi connectivity index (χ1v) is 24.1. The van der Waals surface area contributed by atoms with Crippen molar-refractivity contribution in [2.45, 2.75) is 88.9 Å². The van der Waals surface area contributed by atoms with Crippen molar-refractivity contribution in [3.8, 4) is 22.3 Å². The first-order chi connectivity index (χ1) is 27.2. The Kier molecular flexibility index (Phi) is 9.29. The lowest BCUT2D eigenvalue weighted by Crippen LogP contribution is -2.76. The van der Waals surface area contributed by atoms with Crippen LogP contribution in [0.4, 0.5) is 0 Å². The molecule has 0 saturated carbocycles. The summed E-state index contributed by atoms with van der Waals surface area (Å²) in [4.78, 5) is 0. The molecule has 0 amide bonds. The lowest BCUT2D eigenvalue weighted by molar-refractivity contribution is 0.407. The second-order valence-corrected chi connectivity index (χ2v) is 22.6. The minimum absolute atomic E-state index is 0.187. The van der Waals surface area contributed by atoms with E-state index in [4.69, 9.17) is 0 Å². The van der Waals surface area contributed by atoms with Crippen molar-refractivity contribution < 1.29 is 0 Å². The van der Waals surface area contributed by atoms with E-state index in [0.717, 1.165) is 0 Å². The van der Waals surface area contributed by atoms with Gasteiger partial charge in [-0.1, -0.05) is 201 Å². The highest BCUT2D eigenvalue weighted by Gasteiger charge is 2.74. The number of rotatable bonds is 7. The molecule has 5 aromatic carbocycles. The normalized spacial score (nSPS) is 24.4. The lowest BCUT2D eigenvalue weighted by atomic mass is 9.77. The van der Waals surface area contributed by atoms with Crippen LogP contribution < -0.4 is 0 Å². The molecule has 5 aromatic rings. The number of benzene rings is 5. The third-order valence-electron chi connectivity index (χ3n) is 14.6. The Balaban J connectivity index is 0.000000174. The molecule has 10 rings (SSSR count). The third kappa shape index (κ3) is 5.53. The predicted molar refractivity (Wildman–Crippen MR) is 244 cm³/mol. The zero-order valence-electron chi connectivity index (χ0n) is 34.2. The molecule has 280 valence electrons. The second kappa shape index (κ2) is 14.2. The SMILES string of the molecule is CC1=Cc2c(-c3ccccc3)cccc2C12CC1(C(C)=Cc3c(-c4ccccc4)cccc31)[Si]2(C)C.CCCCC1=CC(CC2C=C(C)c3ccccc32)C=C1. The van der Waals surface area contributed by atoms with Gasteiger partial charge >= 0.3 is 0 Å². The van der Waals surface area contributed by atoms with Crippen LogP contribution in [-0.4, -0.2) is 8.07 Å². The summed E-state index contributed by atoms with van der Waals surface area (Å²) >= 11 is 0. The highest BCUT2D eigenvalue weighted by Crippen LogP contribution is 2.72. The fraction of sp³-hybridized carbons (Fsp3) is 0.273. The molecule has 1 saturated heterocycles. The van der Waals surface area contributed by atoms with Crippen LogP contribution in [-0.2, 0) is 10.1 Å². The van der Waals surface area contributed by atoms with E-state index in [0.29, 0.717) is 11.8 Å². The summed E-state index contributed by atoms with van der Waals surface area (Å²) < 4.78 is 0. The average molecular weight is 745 g/mol. The molecule has 2 spiro atoms. The van der Waals surface area contributed by atoms with Crippen molar-refractivity contribution in [1.29, 1.82) is 0 Å². The summed E-state index contributed by atoms with van der Waals surface area (Å²) in [5.74, 6) is 1.23. The molecule has 4 atom stereocenters. The number of unbranched alkanes of at least 4 members (excludes halogenated alkanes) is 1. The van der Waals surface area contributed by atoms with E-state index >= 15 is 0 Å². The summed E-state index contributed by atoms with van der Waals surface area (Å²) in [6.07, 6.45) is 21.0. The average Bonchev–Trinajstić information content (AvgIpc) is 3.97. The van der Waals surface area contributed by atoms with Crippen LogP contribution in [0, 0.1) is 5.92 Å². The molecule has 1 heterocycles. The quantitative estimate of drug-likeness (QED) is 0.146. The Morgan fingerprint density at radius 3 is 1.70 bits per heavy atom. The van der Waals surface area contributed by atoms with E-state index in [-0.39, 0.29) is 10.1 Å². The molecule has 0 aromatic heterocycles. The maximum Gasteiger partial charge on any atom is 0.0799 e. The van der Waals surface area contributed by atoms with Gasteiger partial charge in [-0.05, 0) is 114 Å². The molecule has 1 fully saturated rings. The minimum atomic E-state index is -1.90. The Morgan fingerprint density at radius 1 is 0.607 bits per heavy atom. The van der Waals surface area contributed by atoms with E-state index in [1.54, 1.807) is 27.8 Å². The van der Waals surface area contributed by atoms with Gasteiger partial charge in [0.25, 0.3) is 0 Å². The van der Waals surface area contributed by atoms with E-state index in [9.17, 15) is 0 Å². The summed E-state index contributed by atoms with van der Waals surface area (Å²) in [6, 6.07) is 44.8. The predicted octanol–water partition coefficient (Wildman–Crippen LogP) is 15.1. The number of hydrogen-bond acceptors (Lipinski definition) is 0. The molecule has 4 unspecified atom stereocenters. The molecule has 0 bridgehead atoms. The van der Waals surface area contributed by atoms with Gasteiger partial charge in [0.15, 0.2) is 0 Å². The Morgan fingerprint density at radius 2 is 1.14 bits per heavy atom. The van der Waals surface area contributed by atoms with Gasteiger partial charge in [0.1, 0.15) is 0 Å². The molecular formula is C55H56Si. The van der Waals surface area contributed by atoms with E-state index in [2.05, 4.69) is 199 Å². The van der Waals surface area contributed by atoms with Crippen molar-refractivity contribution in [3.05, 3.63) is 196 Å². The molecule has 1 aliphatic heterocycles. The largest absolute Gasteiger partial charge is 0.0799 e. The monoisotopic (exact) mass is 744 g/mol. The van der Waals surface area contributed by atoms with Gasteiger partial charge in [0.05, 0.1) is 8.07 Å². The van der Waals surface area contributed by atoms with Crippen LogP contribution in [0.5, 0.6) is 0 Å². The standard InChI is InChI=1S/C35H32Si.C20H24/c1-24-21-30-28(26-13-7-5-8-14-26)17-11-19-32(30)34(24)23-35(36(34,3)4)25(2)22-31-29(18-12-20-33(31)35)27-15-9-6-10-16-27;1-3-4-7-16-10-11-17(13-16)14-18-12-15(2)19-8-5-6-9-20(18)19/h5-22H,23H2,1-4H3;5-6,8-13,17-18H,3-4,7,14H2,1-2H3. The molecule has 0 N–H and O–H groups in total. The van der Waals surface area contributed by atoms with E-state index < -0.39 is 8.07 Å². The maximum atomic E-state index is 2.67. The minimum Gasteiger partial charge on any atom is -0.0773 e. The van der Waals surface area contributed by atoms with Crippen LogP contribution in [0.2, 0.25) is 13.1 Å². The van der Waals surface area contributed by atoms with E-state index in [1.165, 1.54) is 82.2 Å². The number of allylic oxidation sites excluding steroid dienone is 8. The van der Waals surface area contributed by atoms with Crippen LogP contribution in [0.15, 0.2) is 162 Å². The molecule has 0 nitrogen and oxygen atoms in total. The Hall–Kier alpha value is -4.98. The van der Waals surface area contributed by atoms with Crippen LogP contribution >= 0.6 is 0 Å². The first kappa shape index (κ1) is 36.6. The van der Waals surface area contributed by atoms with E-state index in [1.807, 2.05) is 0 Å². The third-order valence-corrected chi connectivity index (χ3v) is 20.5. The van der Waals surface area contributed by atoms with Crippen molar-refractivity contribution >= 4 is 25.8 Å². The van der Waals surface area contributed by atoms with Crippen molar-refractivity contribution in [2.24, 2.45) is 5.92 Å². The topological polar surface area (TPSA) is 0 Å². The van der Waals surface area contributed by atoms with Gasteiger partial charge in [0, 0.05) is 16.0 Å². The molecule has 1 heteroatoms. The summed E-state index contributed by atoms with van der Waals surface area (Å²) in [5.41, 5.74) is 20.6. The summed E-state index contributed by atoms with van der Waals surface area (Å²) in [7, 11) is -1.90. The van der Waals surface area contributed by atoms with Gasteiger partial charge in [0.2, 0.25) is 0 Å². The van der Waals surface area contributed by atoms with Crippen LogP contribution in [0.25, 0.3) is 40.0 Å². The van der Waals surface area contributed by atoms with Gasteiger partial charge in [-0.15, -0.1) is 0 Å². The highest BCUT2D eigenvalue weighted by molar-refractivity contribution is 6.88. The zero-order valence-corrected chi connectivity index (χ0v) is 35.2. The maximum absolute atomic E-state index is 2.67. The fourth-order valence-corrected chi connectivity index (χ4v) is 17.5. The van der Waals surface area contributed by atoms with Crippen molar-refractivity contribution in [2.75, 3.05) is 0 Å². The molecule has 4 aliphatic carbocycles. The van der Waals surface area contributed by atoms with Gasteiger partial charge in [-0.3, -0.25) is 0 Å². The molecular weight excluding hydrogens is 689 g/mol. The van der Waals surface area contributed by atoms with Crippen LogP contribution in [0.3, 0.4) is 0 Å². The summed E-state index contributed by atoms with van der Waals surface area (Å²) in [6.45, 7) is 14.7. The van der Waals surface area contributed by atoms with Gasteiger partial charge in [-0.2, -0.15) is 0 Å². The zero-order chi connectivity index (χ0) is 38.7.